The van der Waals surface area contributed by atoms with Crippen LogP contribution in [0.1, 0.15) is 25.7 Å². The average Bonchev–Trinajstić information content (AvgIpc) is 3.28. The summed E-state index contributed by atoms with van der Waals surface area (Å²) in [6.07, 6.45) is 4.95. The maximum atomic E-state index is 4.83. The molecule has 3 aliphatic rings. The van der Waals surface area contributed by atoms with Crippen LogP contribution in [0.3, 0.4) is 0 Å². The highest BCUT2D eigenvalue weighted by molar-refractivity contribution is 14.1. The van der Waals surface area contributed by atoms with Gasteiger partial charge in [0.1, 0.15) is 0 Å². The molecule has 8 heteroatoms. The largest absolute Gasteiger partial charge is 0.341 e. The maximum Gasteiger partial charge on any atom is 0.232 e. The summed E-state index contributed by atoms with van der Waals surface area (Å²) in [5.41, 5.74) is 0. The highest BCUT2D eigenvalue weighted by atomic mass is 127. The fourth-order valence-electron chi connectivity index (χ4n) is 3.49. The Morgan fingerprint density at radius 3 is 1.83 bits per heavy atom. The van der Waals surface area contributed by atoms with Crippen LogP contribution in [0.5, 0.6) is 0 Å². The van der Waals surface area contributed by atoms with E-state index in [9.17, 15) is 0 Å². The Morgan fingerprint density at radius 1 is 0.783 bits per heavy atom. The first-order chi connectivity index (χ1) is 11.3. The van der Waals surface area contributed by atoms with Gasteiger partial charge >= 0.3 is 0 Å². The van der Waals surface area contributed by atoms with E-state index in [0.29, 0.717) is 4.05 Å². The SMILES string of the molecule is IC1CNCCN1c1nc(N2CCCC2)nc(N2CCCC2)n1. The van der Waals surface area contributed by atoms with Gasteiger partial charge in [0.25, 0.3) is 0 Å². The molecular weight excluding hydrogens is 405 g/mol. The Morgan fingerprint density at radius 2 is 1.30 bits per heavy atom. The van der Waals surface area contributed by atoms with Crippen molar-refractivity contribution in [3.63, 3.8) is 0 Å². The van der Waals surface area contributed by atoms with E-state index in [4.69, 9.17) is 15.0 Å². The molecule has 3 saturated heterocycles. The van der Waals surface area contributed by atoms with Crippen molar-refractivity contribution in [3.8, 4) is 0 Å². The summed E-state index contributed by atoms with van der Waals surface area (Å²) < 4.78 is 0.390. The van der Waals surface area contributed by atoms with E-state index in [2.05, 4.69) is 42.6 Å². The summed E-state index contributed by atoms with van der Waals surface area (Å²) in [6.45, 7) is 7.19. The monoisotopic (exact) mass is 429 g/mol. The van der Waals surface area contributed by atoms with Crippen molar-refractivity contribution in [3.05, 3.63) is 0 Å². The lowest BCUT2D eigenvalue weighted by Crippen LogP contribution is -2.49. The van der Waals surface area contributed by atoms with Crippen LogP contribution in [-0.4, -0.2) is 64.8 Å². The highest BCUT2D eigenvalue weighted by Crippen LogP contribution is 2.26. The number of rotatable bonds is 3. The molecular formula is C15H24IN7. The molecule has 0 bridgehead atoms. The molecule has 0 saturated carbocycles. The molecule has 126 valence electrons. The minimum atomic E-state index is 0.390. The number of anilines is 3. The van der Waals surface area contributed by atoms with Crippen molar-refractivity contribution in [1.82, 2.24) is 20.3 Å². The van der Waals surface area contributed by atoms with Gasteiger partial charge in [-0.3, -0.25) is 0 Å². The molecule has 0 amide bonds. The van der Waals surface area contributed by atoms with Crippen molar-refractivity contribution in [2.75, 3.05) is 60.5 Å². The second kappa shape index (κ2) is 6.92. The van der Waals surface area contributed by atoms with Crippen molar-refractivity contribution in [2.24, 2.45) is 0 Å². The molecule has 1 atom stereocenters. The summed E-state index contributed by atoms with van der Waals surface area (Å²) in [4.78, 5) is 21.4. The fraction of sp³-hybridized carbons (Fsp3) is 0.800. The standard InChI is InChI=1S/C15H24IN7/c16-12-11-17-5-10-23(12)15-19-13(21-6-1-2-7-21)18-14(20-15)22-8-3-4-9-22/h12,17H,1-11H2. The van der Waals surface area contributed by atoms with E-state index in [1.165, 1.54) is 25.7 Å². The summed E-state index contributed by atoms with van der Waals surface area (Å²) in [5, 5.41) is 3.43. The van der Waals surface area contributed by atoms with E-state index in [1.54, 1.807) is 0 Å². The van der Waals surface area contributed by atoms with Crippen molar-refractivity contribution < 1.29 is 0 Å². The van der Waals surface area contributed by atoms with E-state index in [0.717, 1.165) is 63.7 Å². The molecule has 0 radical (unpaired) electrons. The number of aromatic nitrogens is 3. The first-order valence-corrected chi connectivity index (χ1v) is 9.93. The molecule has 3 aliphatic heterocycles. The zero-order valence-electron chi connectivity index (χ0n) is 13.4. The van der Waals surface area contributed by atoms with Crippen LogP contribution in [0.2, 0.25) is 0 Å². The molecule has 4 heterocycles. The van der Waals surface area contributed by atoms with Crippen LogP contribution < -0.4 is 20.0 Å². The first kappa shape index (κ1) is 15.6. The van der Waals surface area contributed by atoms with Crippen molar-refractivity contribution >= 4 is 40.4 Å². The molecule has 23 heavy (non-hydrogen) atoms. The molecule has 7 nitrogen and oxygen atoms in total. The maximum absolute atomic E-state index is 4.83. The van der Waals surface area contributed by atoms with Gasteiger partial charge in [-0.1, -0.05) is 22.6 Å². The van der Waals surface area contributed by atoms with E-state index >= 15 is 0 Å². The number of alkyl halides is 1. The number of nitrogens with zero attached hydrogens (tertiary/aromatic N) is 6. The van der Waals surface area contributed by atoms with E-state index in [1.807, 2.05) is 0 Å². The Hall–Kier alpha value is -0.900. The normalized spacial score (nSPS) is 25.4. The topological polar surface area (TPSA) is 60.4 Å². The summed E-state index contributed by atoms with van der Waals surface area (Å²) in [5.74, 6) is 2.60. The molecule has 1 N–H and O–H groups in total. The lowest BCUT2D eigenvalue weighted by molar-refractivity contribution is 0.565. The van der Waals surface area contributed by atoms with E-state index in [-0.39, 0.29) is 0 Å². The second-order valence-corrected chi connectivity index (χ2v) is 7.89. The van der Waals surface area contributed by atoms with Crippen LogP contribution in [0.25, 0.3) is 0 Å². The Labute approximate surface area is 151 Å². The summed E-state index contributed by atoms with van der Waals surface area (Å²) in [6, 6.07) is 0. The van der Waals surface area contributed by atoms with Gasteiger partial charge in [0, 0.05) is 45.8 Å². The Bertz CT molecular complexity index is 508. The lowest BCUT2D eigenvalue weighted by atomic mass is 10.4. The third-order valence-electron chi connectivity index (χ3n) is 4.82. The zero-order valence-corrected chi connectivity index (χ0v) is 15.6. The van der Waals surface area contributed by atoms with Crippen molar-refractivity contribution in [2.45, 2.75) is 29.7 Å². The van der Waals surface area contributed by atoms with Gasteiger partial charge in [-0.25, -0.2) is 0 Å². The molecule has 1 unspecified atom stereocenters. The smallest absolute Gasteiger partial charge is 0.232 e. The van der Waals surface area contributed by atoms with Gasteiger partial charge in [-0.05, 0) is 25.7 Å². The number of nitrogens with one attached hydrogen (secondary N) is 1. The third-order valence-corrected chi connectivity index (χ3v) is 5.93. The van der Waals surface area contributed by atoms with Crippen LogP contribution in [0, 0.1) is 0 Å². The molecule has 1 aromatic rings. The predicted octanol–water partition coefficient (Wildman–Crippen LogP) is 1.24. The molecule has 3 fully saturated rings. The minimum Gasteiger partial charge on any atom is -0.341 e. The first-order valence-electron chi connectivity index (χ1n) is 8.69. The highest BCUT2D eigenvalue weighted by Gasteiger charge is 2.27. The second-order valence-electron chi connectivity index (χ2n) is 6.46. The Balaban J connectivity index is 1.68. The molecule has 0 aliphatic carbocycles. The van der Waals surface area contributed by atoms with E-state index < -0.39 is 0 Å². The van der Waals surface area contributed by atoms with Gasteiger partial charge in [-0.15, -0.1) is 0 Å². The average molecular weight is 429 g/mol. The quantitative estimate of drug-likeness (QED) is 0.441. The predicted molar refractivity (Wildman–Crippen MR) is 101 cm³/mol. The molecule has 1 aromatic heterocycles. The van der Waals surface area contributed by atoms with Gasteiger partial charge in [0.2, 0.25) is 17.8 Å². The number of hydrogen-bond acceptors (Lipinski definition) is 7. The van der Waals surface area contributed by atoms with Gasteiger partial charge < -0.3 is 20.0 Å². The fourth-order valence-corrected chi connectivity index (χ4v) is 4.32. The van der Waals surface area contributed by atoms with Crippen LogP contribution in [0.15, 0.2) is 0 Å². The summed E-state index contributed by atoms with van der Waals surface area (Å²) >= 11 is 2.48. The van der Waals surface area contributed by atoms with Crippen LogP contribution in [-0.2, 0) is 0 Å². The number of halogens is 1. The number of piperazine rings is 1. The number of hydrogen-bond donors (Lipinski definition) is 1. The summed E-state index contributed by atoms with van der Waals surface area (Å²) in [7, 11) is 0. The third kappa shape index (κ3) is 3.33. The lowest BCUT2D eigenvalue weighted by Gasteiger charge is -2.33. The molecule has 0 spiro atoms. The van der Waals surface area contributed by atoms with Gasteiger partial charge in [0.15, 0.2) is 0 Å². The van der Waals surface area contributed by atoms with Gasteiger partial charge in [-0.2, -0.15) is 15.0 Å². The minimum absolute atomic E-state index is 0.390. The zero-order chi connectivity index (χ0) is 15.6. The van der Waals surface area contributed by atoms with Crippen LogP contribution in [0.4, 0.5) is 17.8 Å². The molecule has 4 rings (SSSR count). The van der Waals surface area contributed by atoms with Crippen LogP contribution >= 0.6 is 22.6 Å². The van der Waals surface area contributed by atoms with Gasteiger partial charge in [0.05, 0.1) is 4.05 Å². The Kier molecular flexibility index (Phi) is 4.70. The molecule has 0 aromatic carbocycles. The van der Waals surface area contributed by atoms with Crippen molar-refractivity contribution in [1.29, 1.82) is 0 Å².